The molecule has 1 saturated heterocycles. The summed E-state index contributed by atoms with van der Waals surface area (Å²) < 4.78 is 1.51. The molecule has 0 atom stereocenters. The van der Waals surface area contributed by atoms with Crippen LogP contribution in [0.2, 0.25) is 0 Å². The van der Waals surface area contributed by atoms with Crippen molar-refractivity contribution in [3.63, 3.8) is 0 Å². The highest BCUT2D eigenvalue weighted by Crippen LogP contribution is 2.21. The highest BCUT2D eigenvalue weighted by molar-refractivity contribution is 7.99. The Balaban J connectivity index is 1.56. The van der Waals surface area contributed by atoms with Crippen LogP contribution in [-0.2, 0) is 4.79 Å². The van der Waals surface area contributed by atoms with E-state index in [-0.39, 0.29) is 23.3 Å². The van der Waals surface area contributed by atoms with Gasteiger partial charge in [-0.15, -0.1) is 0 Å². The van der Waals surface area contributed by atoms with Crippen LogP contribution in [0.25, 0.3) is 16.7 Å². The number of para-hydroxylation sites is 1. The molecule has 0 unspecified atom stereocenters. The fraction of sp³-hybridized carbons (Fsp3) is 0.391. The molecule has 3 aromatic rings. The zero-order valence-corrected chi connectivity index (χ0v) is 18.7. The van der Waals surface area contributed by atoms with Gasteiger partial charge in [-0.25, -0.2) is 14.5 Å². The van der Waals surface area contributed by atoms with Gasteiger partial charge in [-0.1, -0.05) is 30.8 Å². The third-order valence-electron chi connectivity index (χ3n) is 5.61. The number of likely N-dealkylation sites (tertiary alicyclic amines) is 1. The van der Waals surface area contributed by atoms with E-state index >= 15 is 0 Å². The molecule has 3 heterocycles. The molecule has 1 N–H and O–H groups in total. The van der Waals surface area contributed by atoms with Crippen molar-refractivity contribution in [3.05, 3.63) is 58.5 Å². The number of nitrogens with zero attached hydrogens (tertiary/aromatic N) is 4. The van der Waals surface area contributed by atoms with Gasteiger partial charge in [-0.05, 0) is 56.1 Å². The number of aryl methyl sites for hydroxylation is 1. The Morgan fingerprint density at radius 3 is 2.74 bits per heavy atom. The lowest BCUT2D eigenvalue weighted by atomic mass is 10.1. The van der Waals surface area contributed by atoms with E-state index in [0.29, 0.717) is 21.9 Å². The number of fused-ring (bicyclic) bond motifs is 1. The summed E-state index contributed by atoms with van der Waals surface area (Å²) in [5.41, 5.74) is 1.43. The molecule has 0 aliphatic carbocycles. The molecule has 0 radical (unpaired) electrons. The Hall–Kier alpha value is -2.71. The lowest BCUT2D eigenvalue weighted by Gasteiger charge is -2.31. The van der Waals surface area contributed by atoms with E-state index in [9.17, 15) is 9.59 Å². The number of benzene rings is 1. The lowest BCUT2D eigenvalue weighted by Crippen LogP contribution is -2.45. The van der Waals surface area contributed by atoms with Crippen molar-refractivity contribution in [2.75, 3.05) is 25.4 Å². The Morgan fingerprint density at radius 2 is 2.00 bits per heavy atom. The van der Waals surface area contributed by atoms with Gasteiger partial charge in [0.05, 0.1) is 16.7 Å². The first-order chi connectivity index (χ1) is 15.0. The summed E-state index contributed by atoms with van der Waals surface area (Å²) in [4.78, 5) is 37.3. The van der Waals surface area contributed by atoms with Gasteiger partial charge in [0.2, 0.25) is 5.91 Å². The Kier molecular flexibility index (Phi) is 6.67. The zero-order chi connectivity index (χ0) is 21.8. The monoisotopic (exact) mass is 437 g/mol. The highest BCUT2D eigenvalue weighted by atomic mass is 32.2. The Morgan fingerprint density at radius 1 is 1.23 bits per heavy atom. The highest BCUT2D eigenvalue weighted by Gasteiger charge is 2.21. The molecule has 1 aliphatic rings. The quantitative estimate of drug-likeness (QED) is 0.472. The molecule has 0 spiro atoms. The molecule has 1 amide bonds. The third kappa shape index (κ3) is 4.97. The van der Waals surface area contributed by atoms with Crippen LogP contribution in [0, 0.1) is 6.92 Å². The number of piperidine rings is 1. The van der Waals surface area contributed by atoms with Crippen LogP contribution in [0.4, 0.5) is 0 Å². The summed E-state index contributed by atoms with van der Waals surface area (Å²) in [6.07, 6.45) is 3.61. The third-order valence-corrected chi connectivity index (χ3v) is 6.55. The van der Waals surface area contributed by atoms with Gasteiger partial charge in [0.25, 0.3) is 5.56 Å². The van der Waals surface area contributed by atoms with E-state index in [0.717, 1.165) is 38.0 Å². The minimum absolute atomic E-state index is 0.0360. The van der Waals surface area contributed by atoms with Crippen LogP contribution >= 0.6 is 11.8 Å². The first-order valence-corrected chi connectivity index (χ1v) is 11.6. The van der Waals surface area contributed by atoms with Crippen LogP contribution in [0.1, 0.15) is 25.3 Å². The number of amides is 1. The van der Waals surface area contributed by atoms with Gasteiger partial charge in [-0.2, -0.15) is 0 Å². The van der Waals surface area contributed by atoms with E-state index in [1.165, 1.54) is 16.3 Å². The van der Waals surface area contributed by atoms with Gasteiger partial charge >= 0.3 is 0 Å². The van der Waals surface area contributed by atoms with Crippen molar-refractivity contribution >= 4 is 28.6 Å². The number of nitrogens with one attached hydrogen (secondary N) is 1. The summed E-state index contributed by atoms with van der Waals surface area (Å²) in [6.45, 7) is 7.19. The molecule has 162 valence electrons. The molecule has 7 nitrogen and oxygen atoms in total. The second-order valence-electron chi connectivity index (χ2n) is 7.81. The van der Waals surface area contributed by atoms with Gasteiger partial charge in [0.15, 0.2) is 5.16 Å². The minimum Gasteiger partial charge on any atom is -0.353 e. The lowest BCUT2D eigenvalue weighted by molar-refractivity contribution is -0.119. The molecule has 4 rings (SSSR count). The maximum absolute atomic E-state index is 13.2. The zero-order valence-electron chi connectivity index (χ0n) is 17.9. The largest absolute Gasteiger partial charge is 0.353 e. The molecule has 1 aromatic carbocycles. The second kappa shape index (κ2) is 9.62. The van der Waals surface area contributed by atoms with E-state index in [2.05, 4.69) is 27.1 Å². The summed E-state index contributed by atoms with van der Waals surface area (Å²) >= 11 is 1.27. The number of hydrogen-bond donors (Lipinski definition) is 1. The average molecular weight is 438 g/mol. The predicted octanol–water partition coefficient (Wildman–Crippen LogP) is 2.78. The molecule has 0 saturated carbocycles. The topological polar surface area (TPSA) is 80.1 Å². The van der Waals surface area contributed by atoms with Crippen LogP contribution in [-0.4, -0.2) is 56.8 Å². The van der Waals surface area contributed by atoms with Crippen molar-refractivity contribution in [1.82, 2.24) is 24.8 Å². The molecule has 2 aromatic heterocycles. The standard InChI is InChI=1S/C23H27N5O2S/c1-3-27-12-9-17(10-13-27)25-21(29)15-31-23-26-19-7-5-4-6-18(19)22(30)28(23)20-14-16(2)8-11-24-20/h4-8,11,14,17H,3,9-10,12-13,15H2,1-2H3,(H,25,29). The smallest absolute Gasteiger partial charge is 0.267 e. The maximum Gasteiger partial charge on any atom is 0.267 e. The SMILES string of the molecule is CCN1CCC(NC(=O)CSc2nc3ccccc3c(=O)n2-c2cc(C)ccn2)CC1. The number of thioether (sulfide) groups is 1. The molecule has 8 heteroatoms. The normalized spacial score (nSPS) is 15.3. The van der Waals surface area contributed by atoms with Crippen molar-refractivity contribution in [1.29, 1.82) is 0 Å². The predicted molar refractivity (Wildman–Crippen MR) is 124 cm³/mol. The summed E-state index contributed by atoms with van der Waals surface area (Å²) in [5.74, 6) is 0.675. The van der Waals surface area contributed by atoms with Crippen LogP contribution in [0.15, 0.2) is 52.5 Å². The van der Waals surface area contributed by atoms with E-state index < -0.39 is 0 Å². The summed E-state index contributed by atoms with van der Waals surface area (Å²) in [7, 11) is 0. The van der Waals surface area contributed by atoms with E-state index in [1.54, 1.807) is 12.3 Å². The van der Waals surface area contributed by atoms with Crippen LogP contribution in [0.3, 0.4) is 0 Å². The Labute approximate surface area is 185 Å². The van der Waals surface area contributed by atoms with Crippen molar-refractivity contribution < 1.29 is 4.79 Å². The van der Waals surface area contributed by atoms with Crippen molar-refractivity contribution in [2.45, 2.75) is 37.9 Å². The fourth-order valence-electron chi connectivity index (χ4n) is 3.85. The average Bonchev–Trinajstić information content (AvgIpc) is 2.78. The molecule has 1 aliphatic heterocycles. The molecular formula is C23H27N5O2S. The number of rotatable bonds is 6. The first-order valence-electron chi connectivity index (χ1n) is 10.6. The molecular weight excluding hydrogens is 410 g/mol. The minimum atomic E-state index is -0.182. The maximum atomic E-state index is 13.2. The molecule has 1 fully saturated rings. The first kappa shape index (κ1) is 21.5. The van der Waals surface area contributed by atoms with Gasteiger partial charge in [-0.3, -0.25) is 9.59 Å². The van der Waals surface area contributed by atoms with Gasteiger partial charge in [0, 0.05) is 25.3 Å². The number of pyridine rings is 1. The van der Waals surface area contributed by atoms with Crippen molar-refractivity contribution in [2.24, 2.45) is 0 Å². The number of carbonyl (C=O) groups excluding carboxylic acids is 1. The second-order valence-corrected chi connectivity index (χ2v) is 8.75. The summed E-state index contributed by atoms with van der Waals surface area (Å²) in [5, 5.41) is 4.14. The fourth-order valence-corrected chi connectivity index (χ4v) is 4.66. The van der Waals surface area contributed by atoms with Crippen molar-refractivity contribution in [3.8, 4) is 5.82 Å². The van der Waals surface area contributed by atoms with Gasteiger partial charge in [0.1, 0.15) is 5.82 Å². The Bertz CT molecular complexity index is 1140. The van der Waals surface area contributed by atoms with E-state index in [4.69, 9.17) is 0 Å². The number of carbonyl (C=O) groups is 1. The van der Waals surface area contributed by atoms with Crippen LogP contribution in [0.5, 0.6) is 0 Å². The van der Waals surface area contributed by atoms with E-state index in [1.807, 2.05) is 37.3 Å². The summed E-state index contributed by atoms with van der Waals surface area (Å²) in [6, 6.07) is 11.2. The van der Waals surface area contributed by atoms with Crippen LogP contribution < -0.4 is 10.9 Å². The molecule has 31 heavy (non-hydrogen) atoms. The molecule has 0 bridgehead atoms. The van der Waals surface area contributed by atoms with Gasteiger partial charge < -0.3 is 10.2 Å². The number of hydrogen-bond acceptors (Lipinski definition) is 6. The number of aromatic nitrogens is 3.